The average molecular weight is 512 g/mol. The Morgan fingerprint density at radius 1 is 0.971 bits per heavy atom. The molecule has 7 nitrogen and oxygen atoms in total. The number of nitrogens with two attached hydrogens (primary N) is 1. The highest BCUT2D eigenvalue weighted by Gasteiger charge is 2.27. The van der Waals surface area contributed by atoms with Crippen molar-refractivity contribution >= 4 is 44.7 Å². The molecule has 4 N–H and O–H groups in total. The van der Waals surface area contributed by atoms with Crippen molar-refractivity contribution in [2.45, 2.75) is 43.6 Å². The SMILES string of the molecule is CC(C)(C)OC(=O)C(Cc1cccc(NS(=O)(=O)c2cccc(NC(N)=S)c2)c1)c1ccccc1. The van der Waals surface area contributed by atoms with Crippen LogP contribution in [0.25, 0.3) is 0 Å². The van der Waals surface area contributed by atoms with Crippen molar-refractivity contribution in [3.63, 3.8) is 0 Å². The smallest absolute Gasteiger partial charge is 0.314 e. The van der Waals surface area contributed by atoms with Crippen LogP contribution >= 0.6 is 12.2 Å². The molecule has 35 heavy (non-hydrogen) atoms. The fourth-order valence-electron chi connectivity index (χ4n) is 3.49. The molecule has 9 heteroatoms. The second-order valence-electron chi connectivity index (χ2n) is 9.02. The van der Waals surface area contributed by atoms with E-state index in [-0.39, 0.29) is 16.0 Å². The molecule has 3 aromatic carbocycles. The quantitative estimate of drug-likeness (QED) is 0.294. The molecule has 3 rings (SSSR count). The van der Waals surface area contributed by atoms with E-state index in [9.17, 15) is 13.2 Å². The number of nitrogens with one attached hydrogen (secondary N) is 2. The largest absolute Gasteiger partial charge is 0.459 e. The Kier molecular flexibility index (Phi) is 8.14. The number of benzene rings is 3. The van der Waals surface area contributed by atoms with Gasteiger partial charge in [-0.2, -0.15) is 0 Å². The predicted octanol–water partition coefficient (Wildman–Crippen LogP) is 4.81. The van der Waals surface area contributed by atoms with Gasteiger partial charge in [0.05, 0.1) is 10.8 Å². The van der Waals surface area contributed by atoms with Gasteiger partial charge in [0.15, 0.2) is 5.11 Å². The number of hydrogen-bond donors (Lipinski definition) is 3. The molecule has 0 saturated heterocycles. The van der Waals surface area contributed by atoms with Crippen molar-refractivity contribution in [1.29, 1.82) is 0 Å². The van der Waals surface area contributed by atoms with Gasteiger partial charge < -0.3 is 15.8 Å². The molecule has 0 aliphatic rings. The van der Waals surface area contributed by atoms with E-state index in [4.69, 9.17) is 22.7 Å². The molecule has 0 fully saturated rings. The summed E-state index contributed by atoms with van der Waals surface area (Å²) in [4.78, 5) is 13.1. The van der Waals surface area contributed by atoms with Crippen LogP contribution in [0.15, 0.2) is 83.8 Å². The van der Waals surface area contributed by atoms with Gasteiger partial charge >= 0.3 is 5.97 Å². The van der Waals surface area contributed by atoms with E-state index in [2.05, 4.69) is 10.0 Å². The highest BCUT2D eigenvalue weighted by atomic mass is 32.2. The third-order valence-electron chi connectivity index (χ3n) is 4.92. The highest BCUT2D eigenvalue weighted by Crippen LogP contribution is 2.27. The molecule has 3 aromatic rings. The third kappa shape index (κ3) is 7.80. The molecular weight excluding hydrogens is 482 g/mol. The number of carbonyl (C=O) groups excluding carboxylic acids is 1. The third-order valence-corrected chi connectivity index (χ3v) is 6.41. The molecule has 0 spiro atoms. The van der Waals surface area contributed by atoms with Gasteiger partial charge in [-0.05, 0) is 80.9 Å². The first kappa shape index (κ1) is 26.2. The van der Waals surface area contributed by atoms with Crippen molar-refractivity contribution in [3.8, 4) is 0 Å². The monoisotopic (exact) mass is 511 g/mol. The number of carbonyl (C=O) groups is 1. The van der Waals surface area contributed by atoms with E-state index in [1.807, 2.05) is 57.2 Å². The molecule has 0 aromatic heterocycles. The van der Waals surface area contributed by atoms with E-state index in [1.54, 1.807) is 30.3 Å². The zero-order valence-electron chi connectivity index (χ0n) is 19.8. The molecule has 0 bridgehead atoms. The molecule has 1 atom stereocenters. The van der Waals surface area contributed by atoms with Crippen LogP contribution in [0.2, 0.25) is 0 Å². The lowest BCUT2D eigenvalue weighted by Gasteiger charge is -2.24. The van der Waals surface area contributed by atoms with Gasteiger partial charge in [-0.15, -0.1) is 0 Å². The summed E-state index contributed by atoms with van der Waals surface area (Å²) in [6, 6.07) is 22.6. The van der Waals surface area contributed by atoms with Crippen molar-refractivity contribution in [1.82, 2.24) is 0 Å². The number of rotatable bonds is 8. The first-order valence-electron chi connectivity index (χ1n) is 11.0. The molecule has 0 aliphatic heterocycles. The summed E-state index contributed by atoms with van der Waals surface area (Å²) in [6.07, 6.45) is 0.349. The van der Waals surface area contributed by atoms with Gasteiger partial charge in [0.2, 0.25) is 0 Å². The van der Waals surface area contributed by atoms with Crippen LogP contribution in [0.3, 0.4) is 0 Å². The number of esters is 1. The van der Waals surface area contributed by atoms with Crippen LogP contribution in [-0.4, -0.2) is 25.1 Å². The predicted molar refractivity (Wildman–Crippen MR) is 143 cm³/mol. The maximum atomic E-state index is 13.0. The van der Waals surface area contributed by atoms with Crippen LogP contribution in [-0.2, 0) is 26.0 Å². The first-order valence-corrected chi connectivity index (χ1v) is 12.9. The molecule has 0 heterocycles. The second-order valence-corrected chi connectivity index (χ2v) is 11.1. The van der Waals surface area contributed by atoms with Gasteiger partial charge in [-0.1, -0.05) is 48.5 Å². The topological polar surface area (TPSA) is 111 Å². The fourth-order valence-corrected chi connectivity index (χ4v) is 4.70. The van der Waals surface area contributed by atoms with E-state index >= 15 is 0 Å². The van der Waals surface area contributed by atoms with Gasteiger partial charge in [0, 0.05) is 11.4 Å². The van der Waals surface area contributed by atoms with E-state index in [0.717, 1.165) is 11.1 Å². The van der Waals surface area contributed by atoms with Crippen molar-refractivity contribution in [2.24, 2.45) is 5.73 Å². The Morgan fingerprint density at radius 3 is 2.29 bits per heavy atom. The number of anilines is 2. The lowest BCUT2D eigenvalue weighted by Crippen LogP contribution is -2.28. The molecule has 0 aliphatic carbocycles. The summed E-state index contributed by atoms with van der Waals surface area (Å²) in [5.41, 5.74) is 7.32. The fraction of sp³-hybridized carbons (Fsp3) is 0.231. The second kappa shape index (κ2) is 10.9. The minimum atomic E-state index is -3.88. The Bertz CT molecular complexity index is 1300. The first-order chi connectivity index (χ1) is 16.4. The summed E-state index contributed by atoms with van der Waals surface area (Å²) >= 11 is 4.82. The lowest BCUT2D eigenvalue weighted by molar-refractivity contribution is -0.156. The Hall–Kier alpha value is -3.43. The normalized spacial score (nSPS) is 12.4. The van der Waals surface area contributed by atoms with Crippen molar-refractivity contribution < 1.29 is 17.9 Å². The summed E-state index contributed by atoms with van der Waals surface area (Å²) in [7, 11) is -3.88. The number of sulfonamides is 1. The van der Waals surface area contributed by atoms with Crippen molar-refractivity contribution in [3.05, 3.63) is 90.0 Å². The maximum Gasteiger partial charge on any atom is 0.314 e. The summed E-state index contributed by atoms with van der Waals surface area (Å²) in [5, 5.41) is 2.77. The van der Waals surface area contributed by atoms with E-state index in [0.29, 0.717) is 17.8 Å². The number of hydrogen-bond acceptors (Lipinski definition) is 5. The van der Waals surface area contributed by atoms with E-state index < -0.39 is 21.5 Å². The summed E-state index contributed by atoms with van der Waals surface area (Å²) in [6.45, 7) is 5.48. The van der Waals surface area contributed by atoms with Gasteiger partial charge in [-0.3, -0.25) is 9.52 Å². The highest BCUT2D eigenvalue weighted by molar-refractivity contribution is 7.92. The average Bonchev–Trinajstić information content (AvgIpc) is 2.76. The van der Waals surface area contributed by atoms with E-state index in [1.165, 1.54) is 12.1 Å². The minimum absolute atomic E-state index is 0.0400. The van der Waals surface area contributed by atoms with Crippen LogP contribution in [0.1, 0.15) is 37.8 Å². The van der Waals surface area contributed by atoms with Crippen molar-refractivity contribution in [2.75, 3.05) is 10.0 Å². The van der Waals surface area contributed by atoms with Crippen LogP contribution in [0, 0.1) is 0 Å². The van der Waals surface area contributed by atoms with Gasteiger partial charge in [-0.25, -0.2) is 8.42 Å². The Balaban J connectivity index is 1.84. The van der Waals surface area contributed by atoms with Gasteiger partial charge in [0.25, 0.3) is 10.0 Å². The molecule has 0 amide bonds. The molecule has 184 valence electrons. The number of ether oxygens (including phenoxy) is 1. The zero-order valence-corrected chi connectivity index (χ0v) is 21.4. The Morgan fingerprint density at radius 2 is 1.63 bits per heavy atom. The Labute approximate surface area is 211 Å². The number of thiocarbonyl (C=S) groups is 1. The van der Waals surface area contributed by atoms with Crippen LogP contribution in [0.5, 0.6) is 0 Å². The van der Waals surface area contributed by atoms with Crippen LogP contribution < -0.4 is 15.8 Å². The lowest BCUT2D eigenvalue weighted by atomic mass is 9.91. The van der Waals surface area contributed by atoms with Crippen LogP contribution in [0.4, 0.5) is 11.4 Å². The minimum Gasteiger partial charge on any atom is -0.459 e. The summed E-state index contributed by atoms with van der Waals surface area (Å²) in [5.74, 6) is -0.873. The zero-order chi connectivity index (χ0) is 25.6. The molecule has 0 saturated carbocycles. The van der Waals surface area contributed by atoms with Gasteiger partial charge in [0.1, 0.15) is 5.60 Å². The molecule has 1 unspecified atom stereocenters. The molecular formula is C26H29N3O4S2. The standard InChI is InChI=1S/C26H29N3O4S2/c1-26(2,3)33-24(30)23(19-10-5-4-6-11-19)16-18-9-7-13-21(15-18)29-35(31,32)22-14-8-12-20(17-22)28-25(27)34/h4-15,17,23,29H,16H2,1-3H3,(H3,27,28,34). The summed E-state index contributed by atoms with van der Waals surface area (Å²) < 4.78 is 34.2. The molecule has 0 radical (unpaired) electrons. The maximum absolute atomic E-state index is 13.0.